The molecule has 1 aromatic carbocycles. The zero-order valence-corrected chi connectivity index (χ0v) is 15.6. The molecule has 0 unspecified atom stereocenters. The maximum Gasteiger partial charge on any atom is 0.321 e. The lowest BCUT2D eigenvalue weighted by Crippen LogP contribution is -2.39. The number of nitrogens with one attached hydrogen (secondary N) is 2. The summed E-state index contributed by atoms with van der Waals surface area (Å²) < 4.78 is 10.7. The SMILES string of the molecule is Cc1ccc(-c2nnc(SCC(=O)NC(=O)NCc3ccco3)o2)cc1C. The van der Waals surface area contributed by atoms with E-state index in [4.69, 9.17) is 8.83 Å². The van der Waals surface area contributed by atoms with Crippen molar-refractivity contribution < 1.29 is 18.4 Å². The van der Waals surface area contributed by atoms with Gasteiger partial charge in [0, 0.05) is 5.56 Å². The van der Waals surface area contributed by atoms with Crippen LogP contribution in [0.25, 0.3) is 11.5 Å². The van der Waals surface area contributed by atoms with E-state index in [9.17, 15) is 9.59 Å². The maximum absolute atomic E-state index is 11.8. The molecule has 0 radical (unpaired) electrons. The van der Waals surface area contributed by atoms with Gasteiger partial charge in [0.25, 0.3) is 5.22 Å². The molecule has 0 saturated carbocycles. The predicted molar refractivity (Wildman–Crippen MR) is 99.0 cm³/mol. The molecule has 27 heavy (non-hydrogen) atoms. The largest absolute Gasteiger partial charge is 0.467 e. The average Bonchev–Trinajstić information content (AvgIpc) is 3.32. The minimum Gasteiger partial charge on any atom is -0.467 e. The maximum atomic E-state index is 11.8. The summed E-state index contributed by atoms with van der Waals surface area (Å²) >= 11 is 1.06. The van der Waals surface area contributed by atoms with Crippen molar-refractivity contribution >= 4 is 23.7 Å². The molecule has 0 saturated heterocycles. The van der Waals surface area contributed by atoms with Crippen molar-refractivity contribution in [2.45, 2.75) is 25.6 Å². The third-order valence-corrected chi connectivity index (χ3v) is 4.56. The summed E-state index contributed by atoms with van der Waals surface area (Å²) in [5.74, 6) is 0.486. The molecule has 8 nitrogen and oxygen atoms in total. The molecule has 0 aliphatic carbocycles. The van der Waals surface area contributed by atoms with E-state index in [1.165, 1.54) is 11.8 Å². The zero-order valence-electron chi connectivity index (χ0n) is 14.8. The van der Waals surface area contributed by atoms with E-state index in [1.807, 2.05) is 32.0 Å². The first-order valence-corrected chi connectivity index (χ1v) is 9.14. The molecule has 140 valence electrons. The third-order valence-electron chi connectivity index (χ3n) is 3.74. The second kappa shape index (κ2) is 8.54. The number of furan rings is 1. The number of aromatic nitrogens is 2. The highest BCUT2D eigenvalue weighted by Gasteiger charge is 2.13. The number of rotatable bonds is 6. The van der Waals surface area contributed by atoms with Gasteiger partial charge in [-0.15, -0.1) is 10.2 Å². The van der Waals surface area contributed by atoms with Crippen molar-refractivity contribution in [3.8, 4) is 11.5 Å². The number of nitrogens with zero attached hydrogens (tertiary/aromatic N) is 2. The first kappa shape index (κ1) is 18.7. The molecule has 3 rings (SSSR count). The molecule has 0 atom stereocenters. The summed E-state index contributed by atoms with van der Waals surface area (Å²) in [6.07, 6.45) is 1.51. The molecule has 2 aromatic heterocycles. The highest BCUT2D eigenvalue weighted by Crippen LogP contribution is 2.24. The van der Waals surface area contributed by atoms with Gasteiger partial charge in [-0.05, 0) is 49.2 Å². The fourth-order valence-corrected chi connectivity index (χ4v) is 2.74. The van der Waals surface area contributed by atoms with Crippen LogP contribution in [-0.4, -0.2) is 27.9 Å². The highest BCUT2D eigenvalue weighted by molar-refractivity contribution is 7.99. The van der Waals surface area contributed by atoms with Crippen LogP contribution in [0.2, 0.25) is 0 Å². The topological polar surface area (TPSA) is 110 Å². The average molecular weight is 386 g/mol. The minimum atomic E-state index is -0.599. The number of carbonyl (C=O) groups excluding carboxylic acids is 2. The van der Waals surface area contributed by atoms with Crippen LogP contribution in [0.1, 0.15) is 16.9 Å². The Hall–Kier alpha value is -3.07. The van der Waals surface area contributed by atoms with Crippen molar-refractivity contribution in [1.29, 1.82) is 0 Å². The summed E-state index contributed by atoms with van der Waals surface area (Å²) in [6, 6.07) is 8.69. The van der Waals surface area contributed by atoms with E-state index in [1.54, 1.807) is 12.1 Å². The van der Waals surface area contributed by atoms with Gasteiger partial charge in [-0.1, -0.05) is 17.8 Å². The van der Waals surface area contributed by atoms with Crippen molar-refractivity contribution in [3.63, 3.8) is 0 Å². The van der Waals surface area contributed by atoms with Gasteiger partial charge in [-0.25, -0.2) is 4.79 Å². The van der Waals surface area contributed by atoms with Gasteiger partial charge in [0.15, 0.2) is 0 Å². The number of aryl methyl sites for hydroxylation is 2. The standard InChI is InChI=1S/C18H18N4O4S/c1-11-5-6-13(8-12(11)2)16-21-22-18(26-16)27-10-15(23)20-17(24)19-9-14-4-3-7-25-14/h3-8H,9-10H2,1-2H3,(H2,19,20,23,24). The number of amides is 3. The third kappa shape index (κ3) is 5.20. The molecule has 3 aromatic rings. The van der Waals surface area contributed by atoms with Crippen molar-refractivity contribution in [1.82, 2.24) is 20.8 Å². The highest BCUT2D eigenvalue weighted by atomic mass is 32.2. The Morgan fingerprint density at radius 3 is 2.74 bits per heavy atom. The summed E-state index contributed by atoms with van der Waals surface area (Å²) in [7, 11) is 0. The molecular formula is C18H18N4O4S. The quantitative estimate of drug-likeness (QED) is 0.626. The molecule has 0 spiro atoms. The van der Waals surface area contributed by atoms with Crippen LogP contribution in [0.4, 0.5) is 4.79 Å². The Labute approximate surface area is 159 Å². The van der Waals surface area contributed by atoms with Crippen LogP contribution in [0.15, 0.2) is 50.7 Å². The fraction of sp³-hybridized carbons (Fsp3) is 0.222. The monoisotopic (exact) mass is 386 g/mol. The van der Waals surface area contributed by atoms with Crippen molar-refractivity contribution in [2.75, 3.05) is 5.75 Å². The summed E-state index contributed by atoms with van der Waals surface area (Å²) in [5.41, 5.74) is 3.12. The van der Waals surface area contributed by atoms with Crippen LogP contribution in [0.5, 0.6) is 0 Å². The summed E-state index contributed by atoms with van der Waals surface area (Å²) in [5, 5.41) is 12.9. The summed E-state index contributed by atoms with van der Waals surface area (Å²) in [4.78, 5) is 23.5. The van der Waals surface area contributed by atoms with Crippen molar-refractivity contribution in [2.24, 2.45) is 0 Å². The van der Waals surface area contributed by atoms with Gasteiger partial charge in [-0.3, -0.25) is 10.1 Å². The molecule has 0 aliphatic heterocycles. The number of urea groups is 1. The lowest BCUT2D eigenvalue weighted by atomic mass is 10.1. The van der Waals surface area contributed by atoms with Gasteiger partial charge in [0.1, 0.15) is 5.76 Å². The smallest absolute Gasteiger partial charge is 0.321 e. The van der Waals surface area contributed by atoms with E-state index in [2.05, 4.69) is 20.8 Å². The van der Waals surface area contributed by atoms with Gasteiger partial charge < -0.3 is 14.2 Å². The lowest BCUT2D eigenvalue weighted by Gasteiger charge is -2.04. The molecule has 0 fully saturated rings. The number of hydrogen-bond acceptors (Lipinski definition) is 7. The molecule has 0 aliphatic rings. The van der Waals surface area contributed by atoms with E-state index < -0.39 is 11.9 Å². The van der Waals surface area contributed by atoms with E-state index in [0.29, 0.717) is 11.7 Å². The molecule has 3 amide bonds. The number of benzene rings is 1. The predicted octanol–water partition coefficient (Wildman–Crippen LogP) is 3.06. The normalized spacial score (nSPS) is 10.6. The Morgan fingerprint density at radius 2 is 2.00 bits per heavy atom. The van der Waals surface area contributed by atoms with Crippen LogP contribution >= 0.6 is 11.8 Å². The van der Waals surface area contributed by atoms with Crippen LogP contribution in [0, 0.1) is 13.8 Å². The van der Waals surface area contributed by atoms with Crippen LogP contribution < -0.4 is 10.6 Å². The summed E-state index contributed by atoms with van der Waals surface area (Å²) in [6.45, 7) is 4.23. The van der Waals surface area contributed by atoms with Gasteiger partial charge in [0.2, 0.25) is 11.8 Å². The Bertz CT molecular complexity index is 937. The zero-order chi connectivity index (χ0) is 19.2. The molecule has 2 heterocycles. The second-order valence-corrected chi connectivity index (χ2v) is 6.70. The van der Waals surface area contributed by atoms with Crippen molar-refractivity contribution in [3.05, 3.63) is 53.5 Å². The Kier molecular flexibility index (Phi) is 5.92. The number of carbonyl (C=O) groups is 2. The van der Waals surface area contributed by atoms with Crippen LogP contribution in [-0.2, 0) is 11.3 Å². The number of hydrogen-bond donors (Lipinski definition) is 2. The lowest BCUT2D eigenvalue weighted by molar-refractivity contribution is -0.117. The van der Waals surface area contributed by atoms with E-state index >= 15 is 0 Å². The van der Waals surface area contributed by atoms with Gasteiger partial charge in [-0.2, -0.15) is 0 Å². The molecule has 2 N–H and O–H groups in total. The van der Waals surface area contributed by atoms with E-state index in [-0.39, 0.29) is 17.5 Å². The first-order chi connectivity index (χ1) is 13.0. The van der Waals surface area contributed by atoms with Crippen LogP contribution in [0.3, 0.4) is 0 Å². The van der Waals surface area contributed by atoms with Gasteiger partial charge in [0.05, 0.1) is 18.6 Å². The Balaban J connectivity index is 1.47. The number of thioether (sulfide) groups is 1. The Morgan fingerprint density at radius 1 is 1.15 bits per heavy atom. The minimum absolute atomic E-state index is 0.0251. The molecule has 9 heteroatoms. The second-order valence-electron chi connectivity index (χ2n) is 5.77. The molecule has 0 bridgehead atoms. The first-order valence-electron chi connectivity index (χ1n) is 8.15. The fourth-order valence-electron chi connectivity index (χ4n) is 2.17. The van der Waals surface area contributed by atoms with E-state index in [0.717, 1.165) is 22.9 Å². The number of imide groups is 1. The molecular weight excluding hydrogens is 368 g/mol. The van der Waals surface area contributed by atoms with Gasteiger partial charge >= 0.3 is 6.03 Å².